The molecule has 33 heavy (non-hydrogen) atoms. The van der Waals surface area contributed by atoms with Crippen molar-refractivity contribution >= 4 is 51.9 Å². The number of hydrogen-bond acceptors (Lipinski definition) is 6. The Morgan fingerprint density at radius 2 is 1.91 bits per heavy atom. The third kappa shape index (κ3) is 4.65. The number of hydrogen-bond donors (Lipinski definition) is 1. The van der Waals surface area contributed by atoms with Gasteiger partial charge < -0.3 is 19.5 Å². The van der Waals surface area contributed by atoms with Crippen molar-refractivity contribution in [2.75, 3.05) is 25.0 Å². The number of anilines is 1. The summed E-state index contributed by atoms with van der Waals surface area (Å²) in [5, 5.41) is 3.26. The van der Waals surface area contributed by atoms with Crippen LogP contribution in [0.1, 0.15) is 36.2 Å². The van der Waals surface area contributed by atoms with Crippen molar-refractivity contribution < 1.29 is 14.3 Å². The Morgan fingerprint density at radius 3 is 2.58 bits per heavy atom. The Balaban J connectivity index is 1.69. The zero-order valence-corrected chi connectivity index (χ0v) is 19.3. The van der Waals surface area contributed by atoms with Crippen LogP contribution in [-0.4, -0.2) is 51.1 Å². The monoisotopic (exact) mass is 489 g/mol. The summed E-state index contributed by atoms with van der Waals surface area (Å²) in [4.78, 5) is 48.1. The Kier molecular flexibility index (Phi) is 6.80. The van der Waals surface area contributed by atoms with Crippen molar-refractivity contribution in [3.8, 4) is 0 Å². The lowest BCUT2D eigenvalue weighted by Crippen LogP contribution is -2.39. The molecule has 1 aliphatic rings. The maximum absolute atomic E-state index is 13.1. The Labute approximate surface area is 199 Å². The first-order valence-electron chi connectivity index (χ1n) is 10.4. The lowest BCUT2D eigenvalue weighted by molar-refractivity contribution is 0.0929. The largest absolute Gasteiger partial charge is 0.450 e. The van der Waals surface area contributed by atoms with Gasteiger partial charge in [-0.25, -0.2) is 9.78 Å². The van der Waals surface area contributed by atoms with Crippen molar-refractivity contribution in [2.24, 2.45) is 0 Å². The Bertz CT molecular complexity index is 1250. The minimum Gasteiger partial charge on any atom is -0.450 e. The smallest absolute Gasteiger partial charge is 0.409 e. The number of piperidine rings is 1. The second-order valence-corrected chi connectivity index (χ2v) is 8.32. The molecule has 0 atom stereocenters. The molecule has 9 nitrogen and oxygen atoms in total. The first-order chi connectivity index (χ1) is 15.9. The number of halogens is 2. The first kappa shape index (κ1) is 23.0. The minimum absolute atomic E-state index is 0.0617. The quantitative estimate of drug-likeness (QED) is 0.589. The van der Waals surface area contributed by atoms with Crippen molar-refractivity contribution in [3.63, 3.8) is 0 Å². The van der Waals surface area contributed by atoms with E-state index in [1.54, 1.807) is 30.2 Å². The van der Waals surface area contributed by atoms with E-state index in [1.165, 1.54) is 18.6 Å². The van der Waals surface area contributed by atoms with E-state index in [0.29, 0.717) is 43.6 Å². The summed E-state index contributed by atoms with van der Waals surface area (Å²) in [6, 6.07) is 3.22. The van der Waals surface area contributed by atoms with Crippen LogP contribution in [0.15, 0.2) is 41.7 Å². The molecule has 172 valence electrons. The Hall–Kier alpha value is -3.17. The SMILES string of the molecule is CCOC(=O)N1CCC(n2cc(C(=O)Nc3c(Cl)cncc3Cl)c(=O)c3cccnc32)CC1. The fourth-order valence-electron chi connectivity index (χ4n) is 3.88. The number of likely N-dealkylation sites (tertiary alicyclic amines) is 1. The lowest BCUT2D eigenvalue weighted by Gasteiger charge is -2.33. The number of carbonyl (C=O) groups is 2. The fraction of sp³-hybridized carbons (Fsp3) is 0.318. The van der Waals surface area contributed by atoms with Crippen molar-refractivity contribution in [1.29, 1.82) is 0 Å². The molecule has 1 N–H and O–H groups in total. The average Bonchev–Trinajstić information content (AvgIpc) is 2.82. The van der Waals surface area contributed by atoms with Crippen LogP contribution in [0, 0.1) is 0 Å². The number of carbonyl (C=O) groups excluding carboxylic acids is 2. The van der Waals surface area contributed by atoms with E-state index in [-0.39, 0.29) is 33.4 Å². The molecule has 3 aromatic heterocycles. The number of nitrogens with zero attached hydrogens (tertiary/aromatic N) is 4. The van der Waals surface area contributed by atoms with Crippen LogP contribution in [0.2, 0.25) is 10.0 Å². The van der Waals surface area contributed by atoms with E-state index in [4.69, 9.17) is 27.9 Å². The third-order valence-electron chi connectivity index (χ3n) is 5.51. The fourth-order valence-corrected chi connectivity index (χ4v) is 4.34. The second-order valence-electron chi connectivity index (χ2n) is 7.50. The predicted molar refractivity (Wildman–Crippen MR) is 125 cm³/mol. The first-order valence-corrected chi connectivity index (χ1v) is 11.2. The molecule has 2 amide bonds. The van der Waals surface area contributed by atoms with Gasteiger partial charge in [-0.1, -0.05) is 23.2 Å². The van der Waals surface area contributed by atoms with Crippen LogP contribution < -0.4 is 10.7 Å². The molecule has 0 unspecified atom stereocenters. The molecule has 1 saturated heterocycles. The topological polar surface area (TPSA) is 106 Å². The van der Waals surface area contributed by atoms with Gasteiger partial charge in [0.2, 0.25) is 5.43 Å². The van der Waals surface area contributed by atoms with Gasteiger partial charge in [-0.15, -0.1) is 0 Å². The molecule has 11 heteroatoms. The van der Waals surface area contributed by atoms with Crippen LogP contribution in [0.4, 0.5) is 10.5 Å². The van der Waals surface area contributed by atoms with E-state index in [9.17, 15) is 14.4 Å². The maximum Gasteiger partial charge on any atom is 0.409 e. The summed E-state index contributed by atoms with van der Waals surface area (Å²) in [7, 11) is 0. The van der Waals surface area contributed by atoms with E-state index in [1.807, 2.05) is 4.57 Å². The molecule has 0 spiro atoms. The number of ether oxygens (including phenoxy) is 1. The summed E-state index contributed by atoms with van der Waals surface area (Å²) >= 11 is 12.2. The Morgan fingerprint density at radius 1 is 1.21 bits per heavy atom. The van der Waals surface area contributed by atoms with Gasteiger partial charge in [0.15, 0.2) is 0 Å². The molecule has 1 fully saturated rings. The van der Waals surface area contributed by atoms with Crippen LogP contribution >= 0.6 is 23.2 Å². The molecule has 0 bridgehead atoms. The van der Waals surface area contributed by atoms with Gasteiger partial charge in [0.1, 0.15) is 11.2 Å². The second kappa shape index (κ2) is 9.76. The lowest BCUT2D eigenvalue weighted by atomic mass is 10.0. The standard InChI is InChI=1S/C22H21Cl2N5O4/c1-2-33-22(32)28-8-5-13(6-9-28)29-12-15(19(30)14-4-3-7-26-20(14)29)21(31)27-18-16(23)10-25-11-17(18)24/h3-4,7,10-13H,2,5-6,8-9H2,1H3,(H,25,27,31). The van der Waals surface area contributed by atoms with E-state index in [2.05, 4.69) is 15.3 Å². The average molecular weight is 490 g/mol. The molecule has 0 aliphatic carbocycles. The molecule has 0 saturated carbocycles. The van der Waals surface area contributed by atoms with Gasteiger partial charge in [0, 0.05) is 43.9 Å². The predicted octanol–water partition coefficient (Wildman–Crippen LogP) is 4.14. The van der Waals surface area contributed by atoms with Gasteiger partial charge in [0.25, 0.3) is 5.91 Å². The summed E-state index contributed by atoms with van der Waals surface area (Å²) < 4.78 is 6.92. The zero-order valence-electron chi connectivity index (χ0n) is 17.8. The van der Waals surface area contributed by atoms with Gasteiger partial charge in [0.05, 0.1) is 27.7 Å². The third-order valence-corrected chi connectivity index (χ3v) is 6.08. The summed E-state index contributed by atoms with van der Waals surface area (Å²) in [5.74, 6) is -0.640. The van der Waals surface area contributed by atoms with Crippen LogP contribution in [0.5, 0.6) is 0 Å². The molecule has 1 aliphatic heterocycles. The number of fused-ring (bicyclic) bond motifs is 1. The highest BCUT2D eigenvalue weighted by atomic mass is 35.5. The van der Waals surface area contributed by atoms with E-state index in [0.717, 1.165) is 0 Å². The van der Waals surface area contributed by atoms with Gasteiger partial charge >= 0.3 is 6.09 Å². The maximum atomic E-state index is 13.1. The number of nitrogens with one attached hydrogen (secondary N) is 1. The molecular weight excluding hydrogens is 469 g/mol. The van der Waals surface area contributed by atoms with Crippen LogP contribution in [0.25, 0.3) is 11.0 Å². The molecule has 4 heterocycles. The number of aromatic nitrogens is 3. The van der Waals surface area contributed by atoms with Gasteiger partial charge in [-0.2, -0.15) is 0 Å². The highest BCUT2D eigenvalue weighted by Crippen LogP contribution is 2.30. The van der Waals surface area contributed by atoms with Crippen LogP contribution in [-0.2, 0) is 4.74 Å². The number of pyridine rings is 3. The van der Waals surface area contributed by atoms with Crippen molar-refractivity contribution in [2.45, 2.75) is 25.8 Å². The summed E-state index contributed by atoms with van der Waals surface area (Å²) in [5.41, 5.74) is 0.149. The molecular formula is C22H21Cl2N5O4. The minimum atomic E-state index is -0.640. The normalized spacial score (nSPS) is 14.3. The zero-order chi connectivity index (χ0) is 23.5. The molecule has 4 rings (SSSR count). The molecule has 3 aromatic rings. The molecule has 0 radical (unpaired) electrons. The summed E-state index contributed by atoms with van der Waals surface area (Å²) in [6.07, 6.45) is 6.71. The van der Waals surface area contributed by atoms with Crippen molar-refractivity contribution in [3.05, 3.63) is 62.8 Å². The van der Waals surface area contributed by atoms with Gasteiger partial charge in [-0.05, 0) is 31.9 Å². The van der Waals surface area contributed by atoms with E-state index < -0.39 is 11.3 Å². The van der Waals surface area contributed by atoms with Crippen LogP contribution in [0.3, 0.4) is 0 Å². The van der Waals surface area contributed by atoms with Gasteiger partial charge in [-0.3, -0.25) is 14.6 Å². The van der Waals surface area contributed by atoms with Crippen molar-refractivity contribution in [1.82, 2.24) is 19.4 Å². The number of amides is 2. The highest BCUT2D eigenvalue weighted by Gasteiger charge is 2.27. The highest BCUT2D eigenvalue weighted by molar-refractivity contribution is 6.39. The summed E-state index contributed by atoms with van der Waals surface area (Å²) in [6.45, 7) is 3.07. The number of rotatable bonds is 4. The molecule has 0 aromatic carbocycles. The van der Waals surface area contributed by atoms with E-state index >= 15 is 0 Å².